The number of ether oxygens (including phenoxy) is 1. The van der Waals surface area contributed by atoms with E-state index in [1.54, 1.807) is 30.3 Å². The third kappa shape index (κ3) is 4.82. The average Bonchev–Trinajstić information content (AvgIpc) is 3.43. The molecule has 3 N–H and O–H groups in total. The van der Waals surface area contributed by atoms with Crippen LogP contribution in [0.25, 0.3) is 11.6 Å². The Bertz CT molecular complexity index is 1480. The Morgan fingerprint density at radius 2 is 1.83 bits per heavy atom. The predicted octanol–water partition coefficient (Wildman–Crippen LogP) is 2.98. The number of nitriles is 1. The Labute approximate surface area is 202 Å². The molecule has 0 bridgehead atoms. The number of rotatable bonds is 6. The van der Waals surface area contributed by atoms with Crippen molar-refractivity contribution in [1.29, 1.82) is 5.26 Å². The van der Waals surface area contributed by atoms with E-state index in [0.717, 1.165) is 11.8 Å². The SMILES string of the molecule is COC(=O)Nc1nn(-c2ccc(NC(C)=O)cc2)c(O)c1N=Nc1c(C#N)cnn1-c1ncccn1. The quantitative estimate of drug-likeness (QED) is 0.342. The number of aromatic nitrogens is 6. The second-order valence-electron chi connectivity index (χ2n) is 6.93. The van der Waals surface area contributed by atoms with Crippen molar-refractivity contribution in [2.45, 2.75) is 6.92 Å². The Morgan fingerprint density at radius 3 is 2.47 bits per heavy atom. The largest absolute Gasteiger partial charge is 0.492 e. The molecule has 3 aromatic heterocycles. The number of anilines is 2. The van der Waals surface area contributed by atoms with Crippen molar-refractivity contribution in [3.8, 4) is 23.6 Å². The minimum atomic E-state index is -0.863. The number of nitrogens with zero attached hydrogens (tertiary/aromatic N) is 9. The summed E-state index contributed by atoms with van der Waals surface area (Å²) in [6, 6.07) is 9.92. The van der Waals surface area contributed by atoms with Gasteiger partial charge < -0.3 is 15.2 Å². The van der Waals surface area contributed by atoms with Crippen LogP contribution in [0.2, 0.25) is 0 Å². The molecule has 1 aromatic carbocycles. The van der Waals surface area contributed by atoms with E-state index in [4.69, 9.17) is 0 Å². The van der Waals surface area contributed by atoms with Gasteiger partial charge in [0.1, 0.15) is 11.6 Å². The lowest BCUT2D eigenvalue weighted by Gasteiger charge is -2.05. The van der Waals surface area contributed by atoms with E-state index in [9.17, 15) is 20.0 Å². The van der Waals surface area contributed by atoms with E-state index in [1.165, 1.54) is 30.2 Å². The number of carbonyl (C=O) groups excluding carboxylic acids is 2. The second kappa shape index (κ2) is 10.1. The second-order valence-corrected chi connectivity index (χ2v) is 6.93. The fourth-order valence-electron chi connectivity index (χ4n) is 2.96. The first-order chi connectivity index (χ1) is 17.4. The van der Waals surface area contributed by atoms with E-state index < -0.39 is 12.0 Å². The predicted molar refractivity (Wildman–Crippen MR) is 124 cm³/mol. The molecule has 15 nitrogen and oxygen atoms in total. The summed E-state index contributed by atoms with van der Waals surface area (Å²) in [6.45, 7) is 1.38. The first-order valence-electron chi connectivity index (χ1n) is 10.1. The highest BCUT2D eigenvalue weighted by atomic mass is 16.5. The Hall–Kier alpha value is -5.65. The molecule has 0 aliphatic carbocycles. The maximum atomic E-state index is 11.9. The van der Waals surface area contributed by atoms with Crippen LogP contribution in [0.5, 0.6) is 5.88 Å². The van der Waals surface area contributed by atoms with Crippen LogP contribution in [0.1, 0.15) is 12.5 Å². The molecule has 0 saturated heterocycles. The van der Waals surface area contributed by atoms with Crippen LogP contribution in [0.15, 0.2) is 59.2 Å². The van der Waals surface area contributed by atoms with Crippen molar-refractivity contribution in [3.05, 3.63) is 54.5 Å². The molecule has 0 aliphatic rings. The summed E-state index contributed by atoms with van der Waals surface area (Å²) >= 11 is 0. The number of nitrogens with one attached hydrogen (secondary N) is 2. The fourth-order valence-corrected chi connectivity index (χ4v) is 2.96. The monoisotopic (exact) mass is 487 g/mol. The van der Waals surface area contributed by atoms with Crippen LogP contribution in [0.3, 0.4) is 0 Å². The van der Waals surface area contributed by atoms with Gasteiger partial charge in [-0.25, -0.2) is 14.8 Å². The lowest BCUT2D eigenvalue weighted by molar-refractivity contribution is -0.114. The highest BCUT2D eigenvalue weighted by molar-refractivity contribution is 5.89. The van der Waals surface area contributed by atoms with Crippen molar-refractivity contribution >= 4 is 35.0 Å². The zero-order valence-electron chi connectivity index (χ0n) is 18.8. The standard InChI is InChI=1S/C21H17N11O4/c1-12(33)26-14-4-6-15(7-5-14)31-19(34)16(17(30-31)27-21(35)36-2)28-29-18-13(10-22)11-25-32(18)20-23-8-3-9-24-20/h3-9,11,34H,1-2H3,(H,26,33)(H,27,30,35). The number of hydrogen-bond donors (Lipinski definition) is 3. The molecule has 2 amide bonds. The van der Waals surface area contributed by atoms with Crippen molar-refractivity contribution in [3.63, 3.8) is 0 Å². The van der Waals surface area contributed by atoms with Gasteiger partial charge in [-0.05, 0) is 30.3 Å². The molecule has 0 aliphatic heterocycles. The Morgan fingerprint density at radius 1 is 1.11 bits per heavy atom. The molecule has 15 heteroatoms. The normalized spacial score (nSPS) is 10.7. The summed E-state index contributed by atoms with van der Waals surface area (Å²) in [5.41, 5.74) is 0.758. The van der Waals surface area contributed by atoms with Gasteiger partial charge >= 0.3 is 6.09 Å². The van der Waals surface area contributed by atoms with Gasteiger partial charge in [0.05, 0.1) is 19.0 Å². The summed E-state index contributed by atoms with van der Waals surface area (Å²) < 4.78 is 6.90. The number of benzene rings is 1. The van der Waals surface area contributed by atoms with Gasteiger partial charge in [-0.15, -0.1) is 15.3 Å². The Balaban J connectivity index is 1.77. The first-order valence-corrected chi connectivity index (χ1v) is 10.1. The molecule has 3 heterocycles. The first kappa shape index (κ1) is 23.5. The maximum Gasteiger partial charge on any atom is 0.412 e. The molecule has 0 saturated carbocycles. The van der Waals surface area contributed by atoms with Crippen LogP contribution < -0.4 is 10.6 Å². The lowest BCUT2D eigenvalue weighted by atomic mass is 10.3. The molecule has 0 unspecified atom stereocenters. The molecule has 0 fully saturated rings. The molecule has 36 heavy (non-hydrogen) atoms. The van der Waals surface area contributed by atoms with E-state index in [0.29, 0.717) is 11.4 Å². The van der Waals surface area contributed by atoms with Crippen LogP contribution >= 0.6 is 0 Å². The van der Waals surface area contributed by atoms with Crippen molar-refractivity contribution in [1.82, 2.24) is 29.5 Å². The van der Waals surface area contributed by atoms with Crippen LogP contribution in [-0.4, -0.2) is 53.7 Å². The van der Waals surface area contributed by atoms with Gasteiger partial charge in [0, 0.05) is 25.0 Å². The maximum absolute atomic E-state index is 11.9. The molecular formula is C21H17N11O4. The van der Waals surface area contributed by atoms with Crippen LogP contribution in [0.4, 0.5) is 27.8 Å². The summed E-state index contributed by atoms with van der Waals surface area (Å²) in [5, 5.41) is 41.7. The summed E-state index contributed by atoms with van der Waals surface area (Å²) in [7, 11) is 1.16. The van der Waals surface area contributed by atoms with Gasteiger partial charge in [-0.1, -0.05) is 0 Å². The smallest absolute Gasteiger partial charge is 0.412 e. The van der Waals surface area contributed by atoms with Crippen LogP contribution in [-0.2, 0) is 9.53 Å². The Kier molecular flexibility index (Phi) is 6.59. The number of amides is 2. The van der Waals surface area contributed by atoms with Crippen molar-refractivity contribution < 1.29 is 19.4 Å². The number of carbonyl (C=O) groups is 2. The average molecular weight is 487 g/mol. The van der Waals surface area contributed by atoms with Gasteiger partial charge in [-0.3, -0.25) is 10.1 Å². The van der Waals surface area contributed by atoms with Crippen molar-refractivity contribution in [2.75, 3.05) is 17.7 Å². The lowest BCUT2D eigenvalue weighted by Crippen LogP contribution is -2.11. The fraction of sp³-hybridized carbons (Fsp3) is 0.0952. The van der Waals surface area contributed by atoms with Gasteiger partial charge in [0.15, 0.2) is 17.3 Å². The topological polar surface area (TPSA) is 198 Å². The number of azo groups is 1. The molecule has 0 atom stereocenters. The van der Waals surface area contributed by atoms with Gasteiger partial charge in [-0.2, -0.15) is 19.7 Å². The zero-order chi connectivity index (χ0) is 25.7. The minimum absolute atomic E-state index is 0.0143. The molecule has 180 valence electrons. The third-order valence-corrected chi connectivity index (χ3v) is 4.53. The molecule has 4 rings (SSSR count). The molecule has 4 aromatic rings. The molecule has 0 radical (unpaired) electrons. The minimum Gasteiger partial charge on any atom is -0.492 e. The summed E-state index contributed by atoms with van der Waals surface area (Å²) in [6.07, 6.45) is 3.38. The van der Waals surface area contributed by atoms with E-state index in [-0.39, 0.29) is 34.7 Å². The zero-order valence-corrected chi connectivity index (χ0v) is 18.8. The number of methoxy groups -OCH3 is 1. The molecular weight excluding hydrogens is 470 g/mol. The van der Waals surface area contributed by atoms with E-state index in [2.05, 4.69) is 45.8 Å². The number of hydrogen-bond acceptors (Lipinski definition) is 11. The highest BCUT2D eigenvalue weighted by Gasteiger charge is 2.22. The summed E-state index contributed by atoms with van der Waals surface area (Å²) in [4.78, 5) is 31.3. The van der Waals surface area contributed by atoms with Gasteiger partial charge in [0.2, 0.25) is 11.8 Å². The third-order valence-electron chi connectivity index (χ3n) is 4.53. The number of aromatic hydroxyl groups is 1. The van der Waals surface area contributed by atoms with E-state index in [1.807, 2.05) is 6.07 Å². The molecule has 0 spiro atoms. The highest BCUT2D eigenvalue weighted by Crippen LogP contribution is 2.38. The van der Waals surface area contributed by atoms with E-state index >= 15 is 0 Å². The summed E-state index contributed by atoms with van der Waals surface area (Å²) in [5.74, 6) is -0.763. The van der Waals surface area contributed by atoms with Crippen LogP contribution in [0, 0.1) is 11.3 Å². The van der Waals surface area contributed by atoms with Gasteiger partial charge in [0.25, 0.3) is 5.95 Å². The van der Waals surface area contributed by atoms with Crippen molar-refractivity contribution in [2.24, 2.45) is 10.2 Å².